The summed E-state index contributed by atoms with van der Waals surface area (Å²) in [5.74, 6) is 0.127. The normalized spacial score (nSPS) is 21.7. The van der Waals surface area contributed by atoms with Crippen LogP contribution in [0.2, 0.25) is 0 Å². The van der Waals surface area contributed by atoms with Crippen molar-refractivity contribution in [2.45, 2.75) is 44.6 Å². The Labute approximate surface area is 90.9 Å². The van der Waals surface area contributed by atoms with Gasteiger partial charge in [-0.3, -0.25) is 4.79 Å². The van der Waals surface area contributed by atoms with E-state index in [2.05, 4.69) is 0 Å². The first kappa shape index (κ1) is 12.5. The largest absolute Gasteiger partial charge is 0.396 e. The zero-order chi connectivity index (χ0) is 11.1. The molecule has 0 spiro atoms. The molecule has 1 atom stereocenters. The summed E-state index contributed by atoms with van der Waals surface area (Å²) in [6.45, 7) is 1.04. The molecular formula is C11H21NO3. The van der Waals surface area contributed by atoms with E-state index in [1.165, 1.54) is 0 Å². The van der Waals surface area contributed by atoms with Crippen molar-refractivity contribution in [1.82, 2.24) is 4.90 Å². The van der Waals surface area contributed by atoms with Gasteiger partial charge in [0.1, 0.15) is 0 Å². The SMILES string of the molecule is O=C(CCCO)N1CCCCC1CCO. The van der Waals surface area contributed by atoms with Gasteiger partial charge in [-0.25, -0.2) is 0 Å². The number of nitrogens with zero attached hydrogens (tertiary/aromatic N) is 1. The summed E-state index contributed by atoms with van der Waals surface area (Å²) in [5, 5.41) is 17.6. The van der Waals surface area contributed by atoms with Crippen LogP contribution in [0.15, 0.2) is 0 Å². The number of carbonyl (C=O) groups is 1. The highest BCUT2D eigenvalue weighted by Crippen LogP contribution is 2.20. The van der Waals surface area contributed by atoms with Crippen LogP contribution in [0.25, 0.3) is 0 Å². The molecule has 1 fully saturated rings. The fourth-order valence-electron chi connectivity index (χ4n) is 2.15. The molecule has 1 amide bonds. The van der Waals surface area contributed by atoms with Crippen molar-refractivity contribution >= 4 is 5.91 Å². The van der Waals surface area contributed by atoms with Crippen molar-refractivity contribution in [3.63, 3.8) is 0 Å². The minimum absolute atomic E-state index is 0.0737. The minimum atomic E-state index is 0.0737. The Balaban J connectivity index is 2.43. The van der Waals surface area contributed by atoms with Gasteiger partial charge in [0, 0.05) is 32.2 Å². The number of carbonyl (C=O) groups excluding carboxylic acids is 1. The van der Waals surface area contributed by atoms with Crippen molar-refractivity contribution in [3.8, 4) is 0 Å². The average molecular weight is 215 g/mol. The number of aliphatic hydroxyl groups excluding tert-OH is 2. The molecule has 0 aliphatic carbocycles. The van der Waals surface area contributed by atoms with Crippen molar-refractivity contribution in [2.75, 3.05) is 19.8 Å². The Morgan fingerprint density at radius 1 is 1.27 bits per heavy atom. The van der Waals surface area contributed by atoms with Gasteiger partial charge >= 0.3 is 0 Å². The summed E-state index contributed by atoms with van der Waals surface area (Å²) in [6.07, 6.45) is 4.87. The number of piperidine rings is 1. The topological polar surface area (TPSA) is 60.8 Å². The second kappa shape index (κ2) is 6.80. The highest BCUT2D eigenvalue weighted by Gasteiger charge is 2.25. The van der Waals surface area contributed by atoms with E-state index in [1.54, 1.807) is 0 Å². The van der Waals surface area contributed by atoms with Crippen LogP contribution in [0.3, 0.4) is 0 Å². The average Bonchev–Trinajstić information content (AvgIpc) is 2.27. The maximum Gasteiger partial charge on any atom is 0.222 e. The smallest absolute Gasteiger partial charge is 0.222 e. The molecule has 1 aliphatic heterocycles. The van der Waals surface area contributed by atoms with Gasteiger partial charge in [-0.15, -0.1) is 0 Å². The van der Waals surface area contributed by atoms with E-state index in [9.17, 15) is 4.79 Å². The van der Waals surface area contributed by atoms with Crippen LogP contribution in [0, 0.1) is 0 Å². The van der Waals surface area contributed by atoms with Gasteiger partial charge in [0.05, 0.1) is 0 Å². The lowest BCUT2D eigenvalue weighted by molar-refractivity contribution is -0.135. The first-order valence-corrected chi connectivity index (χ1v) is 5.80. The van der Waals surface area contributed by atoms with Crippen molar-refractivity contribution in [1.29, 1.82) is 0 Å². The molecule has 1 saturated heterocycles. The van der Waals surface area contributed by atoms with E-state index in [4.69, 9.17) is 10.2 Å². The number of aliphatic hydroxyl groups is 2. The second-order valence-corrected chi connectivity index (χ2v) is 4.08. The molecule has 0 aromatic carbocycles. The maximum absolute atomic E-state index is 11.8. The Bertz CT molecular complexity index is 194. The Morgan fingerprint density at radius 2 is 2.07 bits per heavy atom. The molecule has 1 unspecified atom stereocenters. The lowest BCUT2D eigenvalue weighted by atomic mass is 9.99. The van der Waals surface area contributed by atoms with Gasteiger partial charge in [0.2, 0.25) is 5.91 Å². The third-order valence-corrected chi connectivity index (χ3v) is 2.96. The predicted octanol–water partition coefficient (Wildman–Crippen LogP) is 0.522. The van der Waals surface area contributed by atoms with E-state index >= 15 is 0 Å². The van der Waals surface area contributed by atoms with Gasteiger partial charge in [0.15, 0.2) is 0 Å². The monoisotopic (exact) mass is 215 g/mol. The van der Waals surface area contributed by atoms with E-state index in [0.717, 1.165) is 25.8 Å². The lowest BCUT2D eigenvalue weighted by Gasteiger charge is -2.35. The molecule has 0 bridgehead atoms. The van der Waals surface area contributed by atoms with Gasteiger partial charge in [-0.05, 0) is 32.1 Å². The van der Waals surface area contributed by atoms with Crippen LogP contribution in [-0.2, 0) is 4.79 Å². The molecule has 1 aliphatic rings. The number of amides is 1. The molecule has 0 saturated carbocycles. The number of rotatable bonds is 5. The zero-order valence-electron chi connectivity index (χ0n) is 9.19. The van der Waals surface area contributed by atoms with Crippen LogP contribution in [0.1, 0.15) is 38.5 Å². The van der Waals surface area contributed by atoms with Crippen molar-refractivity contribution in [2.24, 2.45) is 0 Å². The zero-order valence-corrected chi connectivity index (χ0v) is 9.19. The predicted molar refractivity (Wildman–Crippen MR) is 57.4 cm³/mol. The highest BCUT2D eigenvalue weighted by atomic mass is 16.3. The quantitative estimate of drug-likeness (QED) is 0.703. The second-order valence-electron chi connectivity index (χ2n) is 4.08. The van der Waals surface area contributed by atoms with Crippen molar-refractivity contribution < 1.29 is 15.0 Å². The molecule has 2 N–H and O–H groups in total. The summed E-state index contributed by atoms with van der Waals surface area (Å²) in [4.78, 5) is 13.7. The molecule has 0 aromatic rings. The fraction of sp³-hybridized carbons (Fsp3) is 0.909. The summed E-state index contributed by atoms with van der Waals surface area (Å²) < 4.78 is 0. The van der Waals surface area contributed by atoms with Crippen LogP contribution in [-0.4, -0.2) is 46.8 Å². The van der Waals surface area contributed by atoms with E-state index in [0.29, 0.717) is 19.3 Å². The summed E-state index contributed by atoms with van der Waals surface area (Å²) in [7, 11) is 0. The Kier molecular flexibility index (Phi) is 5.65. The highest BCUT2D eigenvalue weighted by molar-refractivity contribution is 5.76. The third kappa shape index (κ3) is 3.80. The molecule has 88 valence electrons. The molecule has 4 nitrogen and oxygen atoms in total. The summed E-state index contributed by atoms with van der Waals surface area (Å²) >= 11 is 0. The van der Waals surface area contributed by atoms with Crippen LogP contribution < -0.4 is 0 Å². The van der Waals surface area contributed by atoms with Gasteiger partial charge < -0.3 is 15.1 Å². The summed E-state index contributed by atoms with van der Waals surface area (Å²) in [6, 6.07) is 0.218. The van der Waals surface area contributed by atoms with Gasteiger partial charge in [0.25, 0.3) is 0 Å². The molecular weight excluding hydrogens is 194 g/mol. The summed E-state index contributed by atoms with van der Waals surface area (Å²) in [5.41, 5.74) is 0. The van der Waals surface area contributed by atoms with Crippen LogP contribution in [0.5, 0.6) is 0 Å². The molecule has 1 rings (SSSR count). The van der Waals surface area contributed by atoms with E-state index in [-0.39, 0.29) is 25.2 Å². The van der Waals surface area contributed by atoms with E-state index < -0.39 is 0 Å². The van der Waals surface area contributed by atoms with Crippen molar-refractivity contribution in [3.05, 3.63) is 0 Å². The Hall–Kier alpha value is -0.610. The minimum Gasteiger partial charge on any atom is -0.396 e. The van der Waals surface area contributed by atoms with Gasteiger partial charge in [-0.2, -0.15) is 0 Å². The first-order valence-electron chi connectivity index (χ1n) is 5.80. The first-order chi connectivity index (χ1) is 7.29. The third-order valence-electron chi connectivity index (χ3n) is 2.96. The number of likely N-dealkylation sites (tertiary alicyclic amines) is 1. The standard InChI is InChI=1S/C11H21NO3/c13-8-3-5-11(15)12-7-2-1-4-10(12)6-9-14/h10,13-14H,1-9H2. The Morgan fingerprint density at radius 3 is 2.73 bits per heavy atom. The molecule has 15 heavy (non-hydrogen) atoms. The number of hydrogen-bond acceptors (Lipinski definition) is 3. The maximum atomic E-state index is 11.8. The van der Waals surface area contributed by atoms with Gasteiger partial charge in [-0.1, -0.05) is 0 Å². The molecule has 4 heteroatoms. The fourth-order valence-corrected chi connectivity index (χ4v) is 2.15. The van der Waals surface area contributed by atoms with Crippen LogP contribution in [0.4, 0.5) is 0 Å². The molecule has 0 aromatic heterocycles. The molecule has 0 radical (unpaired) electrons. The van der Waals surface area contributed by atoms with Crippen LogP contribution >= 0.6 is 0 Å². The lowest BCUT2D eigenvalue weighted by Crippen LogP contribution is -2.44. The number of hydrogen-bond donors (Lipinski definition) is 2. The molecule has 1 heterocycles. The van der Waals surface area contributed by atoms with E-state index in [1.807, 2.05) is 4.90 Å².